The van der Waals surface area contributed by atoms with E-state index >= 15 is 0 Å². The Labute approximate surface area is 191 Å². The first-order valence-electron chi connectivity index (χ1n) is 9.40. The third kappa shape index (κ3) is 2.89. The van der Waals surface area contributed by atoms with Gasteiger partial charge < -0.3 is 4.90 Å². The number of carbonyl (C=O) groups is 2. The number of hydrogen-bond acceptors (Lipinski definition) is 3. The molecule has 2 heterocycles. The Bertz CT molecular complexity index is 1190. The standard InChI is InChI=1S/C23H16BrClN2O2S/c24-16-7-5-8-17(12-16)27-21(28)14-30-23(27)18-9-2-4-11-20(18)26(22(23)29)13-15-6-1-3-10-19(15)25/h1-12H,13-14H2/t23-/m1/s1. The maximum Gasteiger partial charge on any atom is 0.269 e. The Morgan fingerprint density at radius 3 is 2.57 bits per heavy atom. The Kier molecular flexibility index (Phi) is 4.88. The topological polar surface area (TPSA) is 40.6 Å². The third-order valence-corrected chi connectivity index (χ3v) is 7.66. The number of rotatable bonds is 3. The Hall–Kier alpha value is -2.28. The van der Waals surface area contributed by atoms with E-state index in [4.69, 9.17) is 11.6 Å². The highest BCUT2D eigenvalue weighted by Gasteiger charge is 2.60. The van der Waals surface area contributed by atoms with Gasteiger partial charge in [-0.2, -0.15) is 0 Å². The fourth-order valence-corrected chi connectivity index (χ4v) is 6.07. The van der Waals surface area contributed by atoms with Crippen LogP contribution in [-0.2, 0) is 21.0 Å². The SMILES string of the molecule is O=C1CS[C@]2(C(=O)N(Cc3ccccc3Cl)c3ccccc32)N1c1cccc(Br)c1. The molecule has 3 aromatic rings. The van der Waals surface area contributed by atoms with Gasteiger partial charge in [-0.25, -0.2) is 0 Å². The van der Waals surface area contributed by atoms with Gasteiger partial charge in [0.25, 0.3) is 5.91 Å². The summed E-state index contributed by atoms with van der Waals surface area (Å²) in [7, 11) is 0. The molecule has 0 bridgehead atoms. The van der Waals surface area contributed by atoms with Crippen LogP contribution in [-0.4, -0.2) is 17.6 Å². The minimum Gasteiger partial charge on any atom is -0.304 e. The van der Waals surface area contributed by atoms with Gasteiger partial charge in [0.05, 0.1) is 18.0 Å². The minimum absolute atomic E-state index is 0.0825. The molecule has 0 radical (unpaired) electrons. The van der Waals surface area contributed by atoms with Crippen LogP contribution in [0.5, 0.6) is 0 Å². The van der Waals surface area contributed by atoms with Crippen LogP contribution in [0, 0.1) is 0 Å². The predicted molar refractivity (Wildman–Crippen MR) is 125 cm³/mol. The van der Waals surface area contributed by atoms with E-state index < -0.39 is 4.87 Å². The molecular weight excluding hydrogens is 484 g/mol. The van der Waals surface area contributed by atoms with E-state index in [9.17, 15) is 9.59 Å². The Morgan fingerprint density at radius 1 is 1.00 bits per heavy atom. The van der Waals surface area contributed by atoms with Crippen LogP contribution in [0.15, 0.2) is 77.3 Å². The van der Waals surface area contributed by atoms with Crippen LogP contribution < -0.4 is 9.80 Å². The second-order valence-electron chi connectivity index (χ2n) is 7.14. The average Bonchev–Trinajstić information content (AvgIpc) is 3.21. The molecule has 7 heteroatoms. The monoisotopic (exact) mass is 498 g/mol. The molecule has 1 atom stereocenters. The number of carbonyl (C=O) groups excluding carboxylic acids is 2. The predicted octanol–water partition coefficient (Wildman–Crippen LogP) is 5.58. The Morgan fingerprint density at radius 2 is 1.77 bits per heavy atom. The molecule has 1 spiro atoms. The van der Waals surface area contributed by atoms with Crippen LogP contribution in [0.2, 0.25) is 5.02 Å². The smallest absolute Gasteiger partial charge is 0.269 e. The molecule has 4 nitrogen and oxygen atoms in total. The summed E-state index contributed by atoms with van der Waals surface area (Å²) in [4.78, 5) is 29.3. The molecule has 2 aliphatic rings. The molecule has 0 aliphatic carbocycles. The summed E-state index contributed by atoms with van der Waals surface area (Å²) in [6.07, 6.45) is 0. The van der Waals surface area contributed by atoms with Crippen molar-refractivity contribution in [1.82, 2.24) is 0 Å². The molecule has 2 aliphatic heterocycles. The number of fused-ring (bicyclic) bond motifs is 2. The lowest BCUT2D eigenvalue weighted by Gasteiger charge is -2.33. The van der Waals surface area contributed by atoms with Crippen molar-refractivity contribution in [3.63, 3.8) is 0 Å². The highest BCUT2D eigenvalue weighted by atomic mass is 79.9. The molecule has 5 rings (SSSR count). The van der Waals surface area contributed by atoms with Gasteiger partial charge in [-0.3, -0.25) is 14.5 Å². The van der Waals surface area contributed by atoms with E-state index in [1.54, 1.807) is 9.80 Å². The largest absolute Gasteiger partial charge is 0.304 e. The van der Waals surface area contributed by atoms with E-state index in [-0.39, 0.29) is 17.6 Å². The van der Waals surface area contributed by atoms with Gasteiger partial charge in [-0.05, 0) is 35.9 Å². The molecule has 150 valence electrons. The molecule has 2 amide bonds. The normalized spacial score (nSPS) is 20.3. The summed E-state index contributed by atoms with van der Waals surface area (Å²) in [6, 6.07) is 22.7. The fraction of sp³-hybridized carbons (Fsp3) is 0.130. The van der Waals surface area contributed by atoms with E-state index in [2.05, 4.69) is 15.9 Å². The second-order valence-corrected chi connectivity index (χ2v) is 9.63. The zero-order valence-corrected chi connectivity index (χ0v) is 18.9. The molecule has 0 saturated carbocycles. The summed E-state index contributed by atoms with van der Waals surface area (Å²) in [5.41, 5.74) is 3.20. The molecular formula is C23H16BrClN2O2S. The second kappa shape index (κ2) is 7.45. The first kappa shape index (κ1) is 19.7. The molecule has 1 fully saturated rings. The number of anilines is 2. The first-order chi connectivity index (χ1) is 14.5. The molecule has 1 saturated heterocycles. The van der Waals surface area contributed by atoms with Crippen molar-refractivity contribution in [2.45, 2.75) is 11.4 Å². The quantitative estimate of drug-likeness (QED) is 0.472. The van der Waals surface area contributed by atoms with Crippen molar-refractivity contribution in [1.29, 1.82) is 0 Å². The zero-order chi connectivity index (χ0) is 20.9. The van der Waals surface area contributed by atoms with E-state index in [1.807, 2.05) is 72.8 Å². The molecule has 30 heavy (non-hydrogen) atoms. The van der Waals surface area contributed by atoms with Crippen molar-refractivity contribution in [3.05, 3.63) is 93.4 Å². The van der Waals surface area contributed by atoms with Crippen LogP contribution >= 0.6 is 39.3 Å². The van der Waals surface area contributed by atoms with Crippen molar-refractivity contribution in [2.75, 3.05) is 15.6 Å². The van der Waals surface area contributed by atoms with Crippen molar-refractivity contribution < 1.29 is 9.59 Å². The third-order valence-electron chi connectivity index (χ3n) is 5.42. The number of thioether (sulfide) groups is 1. The summed E-state index contributed by atoms with van der Waals surface area (Å²) < 4.78 is 0.853. The summed E-state index contributed by atoms with van der Waals surface area (Å²) in [5, 5.41) is 0.614. The van der Waals surface area contributed by atoms with E-state index in [0.717, 1.165) is 21.3 Å². The van der Waals surface area contributed by atoms with Gasteiger partial charge in [0, 0.05) is 20.7 Å². The lowest BCUT2D eigenvalue weighted by molar-refractivity contribution is -0.123. The molecule has 0 N–H and O–H groups in total. The van der Waals surface area contributed by atoms with Crippen molar-refractivity contribution >= 4 is 62.5 Å². The minimum atomic E-state index is -1.12. The van der Waals surface area contributed by atoms with Crippen LogP contribution in [0.1, 0.15) is 11.1 Å². The van der Waals surface area contributed by atoms with Crippen LogP contribution in [0.4, 0.5) is 11.4 Å². The maximum absolute atomic E-state index is 14.0. The summed E-state index contributed by atoms with van der Waals surface area (Å²) >= 11 is 11.2. The number of nitrogens with zero attached hydrogens (tertiary/aromatic N) is 2. The summed E-state index contributed by atoms with van der Waals surface area (Å²) in [5.74, 6) is 0.0345. The van der Waals surface area contributed by atoms with Gasteiger partial charge >= 0.3 is 0 Å². The summed E-state index contributed by atoms with van der Waals surface area (Å²) in [6.45, 7) is 0.346. The van der Waals surface area contributed by atoms with Gasteiger partial charge in [0.2, 0.25) is 10.8 Å². The van der Waals surface area contributed by atoms with Crippen molar-refractivity contribution in [3.8, 4) is 0 Å². The van der Waals surface area contributed by atoms with Gasteiger partial charge in [-0.1, -0.05) is 70.0 Å². The maximum atomic E-state index is 14.0. The highest BCUT2D eigenvalue weighted by molar-refractivity contribution is 9.10. The number of halogens is 2. The van der Waals surface area contributed by atoms with Crippen LogP contribution in [0.3, 0.4) is 0 Å². The number of benzene rings is 3. The van der Waals surface area contributed by atoms with Gasteiger partial charge in [0.15, 0.2) is 0 Å². The van der Waals surface area contributed by atoms with Gasteiger partial charge in [0.1, 0.15) is 0 Å². The lowest BCUT2D eigenvalue weighted by atomic mass is 10.0. The van der Waals surface area contributed by atoms with Crippen molar-refractivity contribution in [2.24, 2.45) is 0 Å². The number of hydrogen-bond donors (Lipinski definition) is 0. The Balaban J connectivity index is 1.66. The average molecular weight is 500 g/mol. The number of para-hydroxylation sites is 1. The lowest BCUT2D eigenvalue weighted by Crippen LogP contribution is -2.49. The highest BCUT2D eigenvalue weighted by Crippen LogP contribution is 2.56. The zero-order valence-electron chi connectivity index (χ0n) is 15.7. The first-order valence-corrected chi connectivity index (χ1v) is 11.6. The van der Waals surface area contributed by atoms with Crippen LogP contribution in [0.25, 0.3) is 0 Å². The van der Waals surface area contributed by atoms with E-state index in [0.29, 0.717) is 17.3 Å². The molecule has 0 unspecified atom stereocenters. The molecule has 3 aromatic carbocycles. The molecule has 0 aromatic heterocycles. The van der Waals surface area contributed by atoms with E-state index in [1.165, 1.54) is 11.8 Å². The fourth-order valence-electron chi connectivity index (χ4n) is 4.12. The number of amides is 2. The van der Waals surface area contributed by atoms with Gasteiger partial charge in [-0.15, -0.1) is 11.8 Å².